The van der Waals surface area contributed by atoms with E-state index in [2.05, 4.69) is 4.72 Å². The van der Waals surface area contributed by atoms with Crippen LogP contribution in [0.4, 0.5) is 0 Å². The van der Waals surface area contributed by atoms with Crippen molar-refractivity contribution in [2.24, 2.45) is 0 Å². The largest absolute Gasteiger partial charge is 0.480 e. The van der Waals surface area contributed by atoms with Crippen LogP contribution < -0.4 is 4.72 Å². The van der Waals surface area contributed by atoms with Gasteiger partial charge in [-0.2, -0.15) is 4.72 Å². The fraction of sp³-hybridized carbons (Fsp3) is 0.462. The monoisotopic (exact) mass is 301 g/mol. The highest BCUT2D eigenvalue weighted by Crippen LogP contribution is 2.14. The topological polar surface area (TPSA) is 92.7 Å². The van der Waals surface area contributed by atoms with E-state index in [-0.39, 0.29) is 5.75 Å². The van der Waals surface area contributed by atoms with Crippen LogP contribution in [0.3, 0.4) is 0 Å². The fourth-order valence-electron chi connectivity index (χ4n) is 1.73. The Balaban J connectivity index is 2.89. The molecule has 0 bridgehead atoms. The molecule has 0 spiro atoms. The molecule has 0 aliphatic rings. The van der Waals surface area contributed by atoms with Crippen molar-refractivity contribution in [2.75, 3.05) is 12.9 Å². The van der Waals surface area contributed by atoms with Gasteiger partial charge in [0.05, 0.1) is 11.9 Å². The Morgan fingerprint density at radius 2 is 1.95 bits per heavy atom. The zero-order valence-corrected chi connectivity index (χ0v) is 12.3. The van der Waals surface area contributed by atoms with Crippen molar-refractivity contribution in [3.8, 4) is 0 Å². The number of methoxy groups -OCH3 is 1. The maximum absolute atomic E-state index is 12.0. The molecule has 1 rings (SSSR count). The van der Waals surface area contributed by atoms with Gasteiger partial charge in [0.1, 0.15) is 6.04 Å². The Morgan fingerprint density at radius 1 is 1.35 bits per heavy atom. The maximum Gasteiger partial charge on any atom is 0.326 e. The molecule has 1 unspecified atom stereocenters. The standard InChI is InChI=1S/C13H19NO5S/c1-3-11(19-2)9-20(17,18)14-12(13(15)16)10-7-5-4-6-8-10/h4-8,11-12,14H,3,9H2,1-2H3,(H,15,16)/t11?,12-/m0/s1. The minimum Gasteiger partial charge on any atom is -0.480 e. The molecule has 0 saturated heterocycles. The summed E-state index contributed by atoms with van der Waals surface area (Å²) in [4.78, 5) is 11.2. The van der Waals surface area contributed by atoms with Gasteiger partial charge in [-0.1, -0.05) is 37.3 Å². The summed E-state index contributed by atoms with van der Waals surface area (Å²) in [5, 5.41) is 9.18. The first kappa shape index (κ1) is 16.6. The number of carbonyl (C=O) groups is 1. The van der Waals surface area contributed by atoms with Gasteiger partial charge in [-0.25, -0.2) is 8.42 Å². The lowest BCUT2D eigenvalue weighted by atomic mass is 10.1. The van der Waals surface area contributed by atoms with Crippen molar-refractivity contribution in [1.82, 2.24) is 4.72 Å². The predicted molar refractivity (Wildman–Crippen MR) is 74.8 cm³/mol. The third kappa shape index (κ3) is 4.92. The Morgan fingerprint density at radius 3 is 2.40 bits per heavy atom. The lowest BCUT2D eigenvalue weighted by Gasteiger charge is -2.18. The molecule has 0 aliphatic heterocycles. The first-order chi connectivity index (χ1) is 9.39. The summed E-state index contributed by atoms with van der Waals surface area (Å²) in [6.07, 6.45) is 0.0678. The van der Waals surface area contributed by atoms with E-state index in [1.807, 2.05) is 0 Å². The average Bonchev–Trinajstić information content (AvgIpc) is 2.43. The number of hydrogen-bond acceptors (Lipinski definition) is 4. The van der Waals surface area contributed by atoms with E-state index in [1.165, 1.54) is 7.11 Å². The van der Waals surface area contributed by atoms with Crippen LogP contribution in [0.5, 0.6) is 0 Å². The minimum absolute atomic E-state index is 0.267. The summed E-state index contributed by atoms with van der Waals surface area (Å²) in [7, 11) is -2.33. The number of carboxylic acid groups (broad SMARTS) is 1. The second-order valence-corrected chi connectivity index (χ2v) is 6.15. The van der Waals surface area contributed by atoms with Gasteiger partial charge >= 0.3 is 5.97 Å². The van der Waals surface area contributed by atoms with Gasteiger partial charge < -0.3 is 9.84 Å². The van der Waals surface area contributed by atoms with Gasteiger partial charge in [-0.15, -0.1) is 0 Å². The second-order valence-electron chi connectivity index (χ2n) is 4.35. The third-order valence-corrected chi connectivity index (χ3v) is 4.28. The number of hydrogen-bond donors (Lipinski definition) is 2. The van der Waals surface area contributed by atoms with Crippen molar-refractivity contribution in [3.05, 3.63) is 35.9 Å². The molecular formula is C13H19NO5S. The summed E-state index contributed by atoms with van der Waals surface area (Å²) in [6.45, 7) is 1.80. The SMILES string of the molecule is CCC(CS(=O)(=O)N[C@H](C(=O)O)c1ccccc1)OC. The zero-order chi connectivity index (χ0) is 15.2. The third-order valence-electron chi connectivity index (χ3n) is 2.87. The van der Waals surface area contributed by atoms with Gasteiger partial charge in [-0.05, 0) is 12.0 Å². The Labute approximate surface area is 118 Å². The molecule has 7 heteroatoms. The molecule has 1 aromatic carbocycles. The van der Waals surface area contributed by atoms with Gasteiger partial charge in [0.15, 0.2) is 0 Å². The Bertz CT molecular complexity index is 525. The maximum atomic E-state index is 12.0. The highest BCUT2D eigenvalue weighted by molar-refractivity contribution is 7.89. The van der Waals surface area contributed by atoms with Crippen LogP contribution in [-0.2, 0) is 19.6 Å². The Kier molecular flexibility index (Phi) is 6.12. The summed E-state index contributed by atoms with van der Waals surface area (Å²) >= 11 is 0. The predicted octanol–water partition coefficient (Wildman–Crippen LogP) is 1.16. The van der Waals surface area contributed by atoms with Crippen LogP contribution in [-0.4, -0.2) is 38.5 Å². The van der Waals surface area contributed by atoms with Crippen LogP contribution in [0, 0.1) is 0 Å². The van der Waals surface area contributed by atoms with Gasteiger partial charge in [0.25, 0.3) is 0 Å². The molecule has 0 amide bonds. The number of aliphatic carboxylic acids is 1. The average molecular weight is 301 g/mol. The van der Waals surface area contributed by atoms with E-state index in [9.17, 15) is 18.3 Å². The van der Waals surface area contributed by atoms with E-state index < -0.39 is 28.1 Å². The summed E-state index contributed by atoms with van der Waals surface area (Å²) in [5.41, 5.74) is 0.383. The zero-order valence-electron chi connectivity index (χ0n) is 11.4. The number of nitrogens with one attached hydrogen (secondary N) is 1. The van der Waals surface area contributed by atoms with Crippen LogP contribution in [0.1, 0.15) is 24.9 Å². The molecular weight excluding hydrogens is 282 g/mol. The normalized spacial score (nSPS) is 14.7. The van der Waals surface area contributed by atoms with Gasteiger partial charge in [-0.3, -0.25) is 4.79 Å². The van der Waals surface area contributed by atoms with Crippen molar-refractivity contribution in [3.63, 3.8) is 0 Å². The van der Waals surface area contributed by atoms with E-state index in [1.54, 1.807) is 37.3 Å². The lowest BCUT2D eigenvalue weighted by molar-refractivity contribution is -0.139. The number of ether oxygens (including phenoxy) is 1. The molecule has 0 fully saturated rings. The van der Waals surface area contributed by atoms with Crippen LogP contribution in [0.25, 0.3) is 0 Å². The molecule has 0 aliphatic carbocycles. The molecule has 0 aromatic heterocycles. The van der Waals surface area contributed by atoms with Crippen molar-refractivity contribution in [1.29, 1.82) is 0 Å². The van der Waals surface area contributed by atoms with Crippen LogP contribution >= 0.6 is 0 Å². The summed E-state index contributed by atoms with van der Waals surface area (Å²) < 4.78 is 31.2. The van der Waals surface area contributed by atoms with Crippen molar-refractivity contribution in [2.45, 2.75) is 25.5 Å². The molecule has 20 heavy (non-hydrogen) atoms. The first-order valence-corrected chi connectivity index (χ1v) is 7.85. The second kappa shape index (κ2) is 7.37. The molecule has 2 N–H and O–H groups in total. The smallest absolute Gasteiger partial charge is 0.326 e. The lowest BCUT2D eigenvalue weighted by Crippen LogP contribution is -2.38. The van der Waals surface area contributed by atoms with Gasteiger partial charge in [0.2, 0.25) is 10.0 Å². The van der Waals surface area contributed by atoms with Gasteiger partial charge in [0, 0.05) is 7.11 Å². The van der Waals surface area contributed by atoms with E-state index >= 15 is 0 Å². The molecule has 2 atom stereocenters. The van der Waals surface area contributed by atoms with E-state index in [0.29, 0.717) is 12.0 Å². The number of carboxylic acids is 1. The fourth-order valence-corrected chi connectivity index (χ4v) is 3.28. The molecule has 1 aromatic rings. The molecule has 0 radical (unpaired) electrons. The van der Waals surface area contributed by atoms with E-state index in [0.717, 1.165) is 0 Å². The van der Waals surface area contributed by atoms with Crippen LogP contribution in [0.15, 0.2) is 30.3 Å². The Hall–Kier alpha value is -1.44. The quantitative estimate of drug-likeness (QED) is 0.751. The molecule has 112 valence electrons. The number of benzene rings is 1. The molecule has 0 saturated carbocycles. The number of rotatable bonds is 8. The molecule has 0 heterocycles. The van der Waals surface area contributed by atoms with Crippen molar-refractivity contribution >= 4 is 16.0 Å². The summed E-state index contributed by atoms with van der Waals surface area (Å²) in [6, 6.07) is 6.88. The highest BCUT2D eigenvalue weighted by atomic mass is 32.2. The van der Waals surface area contributed by atoms with Crippen molar-refractivity contribution < 1.29 is 23.1 Å². The highest BCUT2D eigenvalue weighted by Gasteiger charge is 2.27. The first-order valence-electron chi connectivity index (χ1n) is 6.20. The van der Waals surface area contributed by atoms with E-state index in [4.69, 9.17) is 4.74 Å². The summed E-state index contributed by atoms with van der Waals surface area (Å²) in [5.74, 6) is -1.51. The van der Waals surface area contributed by atoms with Crippen LogP contribution in [0.2, 0.25) is 0 Å². The minimum atomic E-state index is -3.75. The number of sulfonamides is 1. The molecule has 6 nitrogen and oxygen atoms in total.